The van der Waals surface area contributed by atoms with Crippen molar-refractivity contribution in [2.24, 2.45) is 0 Å². The smallest absolute Gasteiger partial charge is 0.280 e. The lowest BCUT2D eigenvalue weighted by atomic mass is 10.1. The molecule has 0 aliphatic carbocycles. The highest BCUT2D eigenvalue weighted by atomic mass is 16.6. The van der Waals surface area contributed by atoms with E-state index in [0.717, 1.165) is 6.07 Å². The van der Waals surface area contributed by atoms with Crippen LogP contribution in [-0.4, -0.2) is 27.8 Å². The summed E-state index contributed by atoms with van der Waals surface area (Å²) in [5.41, 5.74) is -0.171. The van der Waals surface area contributed by atoms with Gasteiger partial charge < -0.3 is 0 Å². The molecule has 0 bridgehead atoms. The summed E-state index contributed by atoms with van der Waals surface area (Å²) in [6.07, 6.45) is 0.328. The maximum absolute atomic E-state index is 11.0. The van der Waals surface area contributed by atoms with Crippen molar-refractivity contribution in [3.63, 3.8) is 0 Å². The van der Waals surface area contributed by atoms with Crippen molar-refractivity contribution in [3.05, 3.63) is 44.0 Å². The normalized spacial score (nSPS) is 10.2. The summed E-state index contributed by atoms with van der Waals surface area (Å²) in [6.45, 7) is 3.30. The molecule has 8 heteroatoms. The minimum absolute atomic E-state index is 0.269. The lowest BCUT2D eigenvalue weighted by molar-refractivity contribution is -0.394. The van der Waals surface area contributed by atoms with Gasteiger partial charge in [-0.1, -0.05) is 6.92 Å². The average molecular weight is 278 g/mol. The Morgan fingerprint density at radius 1 is 1.30 bits per heavy atom. The molecule has 0 spiro atoms. The second kappa shape index (κ2) is 7.16. The molecule has 0 radical (unpaired) electrons. The number of nitro groups is 2. The molecule has 0 atom stereocenters. The van der Waals surface area contributed by atoms with Crippen molar-refractivity contribution in [3.8, 4) is 6.07 Å². The third kappa shape index (κ3) is 4.00. The number of hydrogen-bond donors (Lipinski definition) is 0. The number of nitriles is 1. The van der Waals surface area contributed by atoms with Gasteiger partial charge in [0, 0.05) is 31.1 Å². The number of nitro benzene ring substituents is 2. The molecule has 0 aliphatic heterocycles. The van der Waals surface area contributed by atoms with E-state index >= 15 is 0 Å². The maximum atomic E-state index is 11.0. The van der Waals surface area contributed by atoms with Crippen molar-refractivity contribution in [2.75, 3.05) is 13.1 Å². The largest absolute Gasteiger partial charge is 0.298 e. The predicted octanol–water partition coefficient (Wildman–Crippen LogP) is 2.24. The van der Waals surface area contributed by atoms with Gasteiger partial charge >= 0.3 is 0 Å². The zero-order chi connectivity index (χ0) is 15.1. The van der Waals surface area contributed by atoms with Gasteiger partial charge in [0.05, 0.1) is 22.0 Å². The van der Waals surface area contributed by atoms with Gasteiger partial charge in [0.2, 0.25) is 0 Å². The van der Waals surface area contributed by atoms with Gasteiger partial charge in [-0.3, -0.25) is 25.1 Å². The van der Waals surface area contributed by atoms with E-state index in [4.69, 9.17) is 5.26 Å². The predicted molar refractivity (Wildman–Crippen MR) is 70.9 cm³/mol. The number of rotatable bonds is 7. The van der Waals surface area contributed by atoms with Gasteiger partial charge in [-0.25, -0.2) is 0 Å². The molecule has 0 saturated carbocycles. The molecule has 0 amide bonds. The van der Waals surface area contributed by atoms with Crippen molar-refractivity contribution >= 4 is 11.4 Å². The fourth-order valence-electron chi connectivity index (χ4n) is 1.77. The minimum Gasteiger partial charge on any atom is -0.298 e. The summed E-state index contributed by atoms with van der Waals surface area (Å²) in [5, 5.41) is 30.2. The molecule has 0 saturated heterocycles. The number of benzene rings is 1. The van der Waals surface area contributed by atoms with Gasteiger partial charge in [0.15, 0.2) is 0 Å². The Kier molecular flexibility index (Phi) is 5.56. The molecule has 0 aliphatic rings. The second-order valence-corrected chi connectivity index (χ2v) is 4.10. The zero-order valence-electron chi connectivity index (χ0n) is 11.0. The van der Waals surface area contributed by atoms with Crippen LogP contribution in [0, 0.1) is 31.6 Å². The van der Waals surface area contributed by atoms with E-state index in [1.165, 1.54) is 12.1 Å². The quantitative estimate of drug-likeness (QED) is 0.558. The van der Waals surface area contributed by atoms with Crippen LogP contribution in [0.5, 0.6) is 0 Å². The lowest BCUT2D eigenvalue weighted by Crippen LogP contribution is -2.24. The molecule has 1 aromatic carbocycles. The molecular formula is C12H14N4O4. The Morgan fingerprint density at radius 2 is 2.00 bits per heavy atom. The van der Waals surface area contributed by atoms with Crippen LogP contribution in [0.3, 0.4) is 0 Å². The molecule has 1 rings (SSSR count). The summed E-state index contributed by atoms with van der Waals surface area (Å²) in [4.78, 5) is 22.2. The lowest BCUT2D eigenvalue weighted by Gasteiger charge is -2.18. The summed E-state index contributed by atoms with van der Waals surface area (Å²) in [7, 11) is 0. The highest BCUT2D eigenvalue weighted by molar-refractivity contribution is 5.49. The van der Waals surface area contributed by atoms with Crippen molar-refractivity contribution in [1.29, 1.82) is 5.26 Å². The van der Waals surface area contributed by atoms with Crippen LogP contribution < -0.4 is 0 Å². The summed E-state index contributed by atoms with van der Waals surface area (Å²) in [6, 6.07) is 5.63. The van der Waals surface area contributed by atoms with E-state index in [1.807, 2.05) is 17.9 Å². The van der Waals surface area contributed by atoms with Gasteiger partial charge in [0.25, 0.3) is 11.4 Å². The standard InChI is InChI=1S/C12H14N4O4/c1-2-14(7-3-6-13)9-10-4-5-11(15(17)18)8-12(10)16(19)20/h4-5,8H,2-3,7,9H2,1H3. The first-order valence-corrected chi connectivity index (χ1v) is 6.00. The van der Waals surface area contributed by atoms with Crippen LogP contribution in [0.4, 0.5) is 11.4 Å². The third-order valence-corrected chi connectivity index (χ3v) is 2.86. The Hall–Kier alpha value is -2.53. The minimum atomic E-state index is -0.663. The van der Waals surface area contributed by atoms with E-state index in [0.29, 0.717) is 25.1 Å². The summed E-state index contributed by atoms with van der Waals surface area (Å²) in [5.74, 6) is 0. The third-order valence-electron chi connectivity index (χ3n) is 2.86. The van der Waals surface area contributed by atoms with Crippen LogP contribution in [0.25, 0.3) is 0 Å². The van der Waals surface area contributed by atoms with Crippen molar-refractivity contribution in [2.45, 2.75) is 19.9 Å². The number of hydrogen-bond acceptors (Lipinski definition) is 6. The van der Waals surface area contributed by atoms with Crippen LogP contribution in [0.15, 0.2) is 18.2 Å². The van der Waals surface area contributed by atoms with E-state index in [1.54, 1.807) is 0 Å². The fraction of sp³-hybridized carbons (Fsp3) is 0.417. The van der Waals surface area contributed by atoms with Gasteiger partial charge in [0.1, 0.15) is 0 Å². The molecule has 0 N–H and O–H groups in total. The molecule has 1 aromatic rings. The topological polar surface area (TPSA) is 113 Å². The zero-order valence-corrected chi connectivity index (χ0v) is 11.0. The molecule has 0 aromatic heterocycles. The van der Waals surface area contributed by atoms with Crippen molar-refractivity contribution < 1.29 is 9.85 Å². The van der Waals surface area contributed by atoms with E-state index in [2.05, 4.69) is 0 Å². The Labute approximate surface area is 115 Å². The highest BCUT2D eigenvalue weighted by Crippen LogP contribution is 2.25. The Morgan fingerprint density at radius 3 is 2.50 bits per heavy atom. The molecule has 0 heterocycles. The van der Waals surface area contributed by atoms with E-state index < -0.39 is 9.85 Å². The molecule has 8 nitrogen and oxygen atoms in total. The number of nitrogens with zero attached hydrogens (tertiary/aromatic N) is 4. The first-order valence-electron chi connectivity index (χ1n) is 6.00. The van der Waals surface area contributed by atoms with Gasteiger partial charge in [-0.2, -0.15) is 5.26 Å². The molecule has 0 fully saturated rings. The second-order valence-electron chi connectivity index (χ2n) is 4.10. The summed E-state index contributed by atoms with van der Waals surface area (Å²) < 4.78 is 0. The Bertz CT molecular complexity index is 553. The SMILES string of the molecule is CCN(CCC#N)Cc1ccc([N+](=O)[O-])cc1[N+](=O)[O-]. The van der Waals surface area contributed by atoms with Crippen LogP contribution in [-0.2, 0) is 6.54 Å². The monoisotopic (exact) mass is 278 g/mol. The maximum Gasteiger partial charge on any atom is 0.280 e. The average Bonchev–Trinajstić information content (AvgIpc) is 2.43. The van der Waals surface area contributed by atoms with Crippen LogP contribution >= 0.6 is 0 Å². The van der Waals surface area contributed by atoms with E-state index in [-0.39, 0.29) is 17.9 Å². The molecule has 0 unspecified atom stereocenters. The van der Waals surface area contributed by atoms with Gasteiger partial charge in [-0.15, -0.1) is 0 Å². The highest BCUT2D eigenvalue weighted by Gasteiger charge is 2.20. The first-order chi connectivity index (χ1) is 9.49. The van der Waals surface area contributed by atoms with Crippen LogP contribution in [0.1, 0.15) is 18.9 Å². The van der Waals surface area contributed by atoms with Gasteiger partial charge in [-0.05, 0) is 12.6 Å². The molecular weight excluding hydrogens is 264 g/mol. The number of non-ortho nitro benzene ring substituents is 1. The Balaban J connectivity index is 3.02. The van der Waals surface area contributed by atoms with Crippen LogP contribution in [0.2, 0.25) is 0 Å². The van der Waals surface area contributed by atoms with E-state index in [9.17, 15) is 20.2 Å². The fourth-order valence-corrected chi connectivity index (χ4v) is 1.77. The summed E-state index contributed by atoms with van der Waals surface area (Å²) >= 11 is 0. The molecule has 20 heavy (non-hydrogen) atoms. The van der Waals surface area contributed by atoms with Crippen molar-refractivity contribution in [1.82, 2.24) is 4.90 Å². The first kappa shape index (κ1) is 15.5. The molecule has 106 valence electrons.